The first kappa shape index (κ1) is 16.8. The Morgan fingerprint density at radius 3 is 2.63 bits per heavy atom. The topological polar surface area (TPSA) is 75.7 Å². The van der Waals surface area contributed by atoms with Crippen molar-refractivity contribution in [1.29, 1.82) is 0 Å². The fourth-order valence-corrected chi connectivity index (χ4v) is 2.63. The van der Waals surface area contributed by atoms with Crippen molar-refractivity contribution < 1.29 is 4.74 Å². The highest BCUT2D eigenvalue weighted by Crippen LogP contribution is 2.19. The summed E-state index contributed by atoms with van der Waals surface area (Å²) in [5, 5.41) is 10.5. The summed E-state index contributed by atoms with van der Waals surface area (Å²) >= 11 is 0. The Morgan fingerprint density at radius 2 is 1.78 bits per heavy atom. The molecule has 4 rings (SSSR count). The maximum Gasteiger partial charge on any atom is 0.181 e. The summed E-state index contributed by atoms with van der Waals surface area (Å²) < 4.78 is 5.87. The molecular formula is C21H19N5O. The second kappa shape index (κ2) is 8.14. The third-order valence-corrected chi connectivity index (χ3v) is 4.01. The zero-order chi connectivity index (χ0) is 18.3. The van der Waals surface area contributed by atoms with Gasteiger partial charge in [-0.2, -0.15) is 5.10 Å². The number of anilines is 1. The zero-order valence-corrected chi connectivity index (χ0v) is 14.7. The molecule has 2 aromatic carbocycles. The van der Waals surface area contributed by atoms with Crippen LogP contribution in [-0.2, 0) is 13.2 Å². The maximum atomic E-state index is 5.87. The largest absolute Gasteiger partial charge is 0.489 e. The van der Waals surface area contributed by atoms with E-state index in [0.29, 0.717) is 19.0 Å². The highest BCUT2D eigenvalue weighted by molar-refractivity contribution is 5.53. The molecule has 0 aliphatic rings. The molecule has 4 aromatic rings. The Bertz CT molecular complexity index is 986. The van der Waals surface area contributed by atoms with Gasteiger partial charge >= 0.3 is 0 Å². The molecule has 0 bridgehead atoms. The van der Waals surface area contributed by atoms with Crippen LogP contribution < -0.4 is 10.1 Å². The van der Waals surface area contributed by atoms with E-state index in [9.17, 15) is 0 Å². The summed E-state index contributed by atoms with van der Waals surface area (Å²) in [6.07, 6.45) is 3.45. The molecule has 2 N–H and O–H groups in total. The van der Waals surface area contributed by atoms with Gasteiger partial charge in [0.1, 0.15) is 18.2 Å². The van der Waals surface area contributed by atoms with Crippen molar-refractivity contribution in [2.24, 2.45) is 0 Å². The lowest BCUT2D eigenvalue weighted by Crippen LogP contribution is -2.02. The van der Waals surface area contributed by atoms with E-state index < -0.39 is 0 Å². The quantitative estimate of drug-likeness (QED) is 0.522. The molecule has 0 atom stereocenters. The minimum absolute atomic E-state index is 0.542. The lowest BCUT2D eigenvalue weighted by Gasteiger charge is -2.09. The van der Waals surface area contributed by atoms with Gasteiger partial charge < -0.3 is 10.1 Å². The number of hydrogen-bond donors (Lipinski definition) is 2. The molecule has 0 saturated carbocycles. The second-order valence-corrected chi connectivity index (χ2v) is 6.00. The van der Waals surface area contributed by atoms with Crippen LogP contribution in [0.5, 0.6) is 5.75 Å². The van der Waals surface area contributed by atoms with Crippen LogP contribution in [0, 0.1) is 0 Å². The molecule has 27 heavy (non-hydrogen) atoms. The van der Waals surface area contributed by atoms with E-state index in [1.165, 1.54) is 0 Å². The van der Waals surface area contributed by atoms with E-state index in [2.05, 4.69) is 25.5 Å². The van der Waals surface area contributed by atoms with Gasteiger partial charge in [-0.15, -0.1) is 0 Å². The number of aromatic nitrogens is 4. The van der Waals surface area contributed by atoms with Crippen LogP contribution in [0.2, 0.25) is 0 Å². The van der Waals surface area contributed by atoms with Crippen LogP contribution in [-0.4, -0.2) is 20.2 Å². The Kier molecular flexibility index (Phi) is 5.06. The minimum atomic E-state index is 0.542. The van der Waals surface area contributed by atoms with Crippen LogP contribution in [0.3, 0.4) is 0 Å². The van der Waals surface area contributed by atoms with Crippen molar-refractivity contribution in [2.75, 3.05) is 5.32 Å². The van der Waals surface area contributed by atoms with Crippen molar-refractivity contribution >= 4 is 5.69 Å². The van der Waals surface area contributed by atoms with Gasteiger partial charge in [-0.3, -0.25) is 10.1 Å². The number of hydrogen-bond acceptors (Lipinski definition) is 5. The average molecular weight is 357 g/mol. The number of aromatic amines is 1. The molecule has 0 aliphatic carbocycles. The van der Waals surface area contributed by atoms with Crippen molar-refractivity contribution in [1.82, 2.24) is 20.2 Å². The van der Waals surface area contributed by atoms with Gasteiger partial charge in [-0.1, -0.05) is 36.4 Å². The lowest BCUT2D eigenvalue weighted by atomic mass is 10.2. The minimum Gasteiger partial charge on any atom is -0.489 e. The summed E-state index contributed by atoms with van der Waals surface area (Å²) in [4.78, 5) is 8.51. The maximum absolute atomic E-state index is 5.87. The molecule has 0 fully saturated rings. The summed E-state index contributed by atoms with van der Waals surface area (Å²) in [5.41, 5.74) is 3.03. The monoisotopic (exact) mass is 357 g/mol. The van der Waals surface area contributed by atoms with Crippen LogP contribution in [0.4, 0.5) is 5.69 Å². The first-order valence-corrected chi connectivity index (χ1v) is 8.69. The molecule has 0 amide bonds. The number of benzene rings is 2. The molecule has 0 aliphatic heterocycles. The second-order valence-electron chi connectivity index (χ2n) is 6.00. The molecule has 0 saturated heterocycles. The molecular weight excluding hydrogens is 338 g/mol. The summed E-state index contributed by atoms with van der Waals surface area (Å²) in [7, 11) is 0. The fraction of sp³-hybridized carbons (Fsp3) is 0.0952. The predicted octanol–water partition coefficient (Wildman–Crippen LogP) is 4.06. The SMILES string of the molecule is c1ccc(COc2cccc(NCc3nc(-c4ccncc4)n[nH]3)c2)cc1. The van der Waals surface area contributed by atoms with Crippen LogP contribution in [0.1, 0.15) is 11.4 Å². The molecule has 0 spiro atoms. The van der Waals surface area contributed by atoms with E-state index in [1.54, 1.807) is 12.4 Å². The van der Waals surface area contributed by atoms with Crippen LogP contribution in [0.25, 0.3) is 11.4 Å². The first-order chi connectivity index (χ1) is 13.4. The number of nitrogens with one attached hydrogen (secondary N) is 2. The number of pyridine rings is 1. The molecule has 0 radical (unpaired) electrons. The van der Waals surface area contributed by atoms with E-state index in [-0.39, 0.29) is 0 Å². The van der Waals surface area contributed by atoms with Gasteiger partial charge in [0.2, 0.25) is 0 Å². The highest BCUT2D eigenvalue weighted by Gasteiger charge is 2.06. The van der Waals surface area contributed by atoms with Crippen LogP contribution >= 0.6 is 0 Å². The van der Waals surface area contributed by atoms with E-state index in [4.69, 9.17) is 4.74 Å². The summed E-state index contributed by atoms with van der Waals surface area (Å²) in [5.74, 6) is 2.24. The fourth-order valence-electron chi connectivity index (χ4n) is 2.63. The molecule has 6 nitrogen and oxygen atoms in total. The number of rotatable bonds is 7. The Balaban J connectivity index is 1.35. The van der Waals surface area contributed by atoms with E-state index in [0.717, 1.165) is 28.4 Å². The van der Waals surface area contributed by atoms with E-state index in [1.807, 2.05) is 66.7 Å². The lowest BCUT2D eigenvalue weighted by molar-refractivity contribution is 0.306. The van der Waals surface area contributed by atoms with Crippen molar-refractivity contribution in [3.05, 3.63) is 90.5 Å². The van der Waals surface area contributed by atoms with Gasteiger partial charge in [-0.25, -0.2) is 4.98 Å². The average Bonchev–Trinajstić information content (AvgIpc) is 3.22. The Hall–Kier alpha value is -3.67. The standard InChI is InChI=1S/C21H19N5O/c1-2-5-16(6-3-1)15-27-19-8-4-7-18(13-19)23-14-20-24-21(26-25-20)17-9-11-22-12-10-17/h1-13,23H,14-15H2,(H,24,25,26). The Morgan fingerprint density at radius 1 is 0.926 bits per heavy atom. The van der Waals surface area contributed by atoms with Crippen molar-refractivity contribution in [3.63, 3.8) is 0 Å². The molecule has 2 heterocycles. The number of ether oxygens (including phenoxy) is 1. The number of nitrogens with zero attached hydrogens (tertiary/aromatic N) is 3. The third kappa shape index (κ3) is 4.49. The van der Waals surface area contributed by atoms with Gasteiger partial charge in [0.25, 0.3) is 0 Å². The molecule has 0 unspecified atom stereocenters. The van der Waals surface area contributed by atoms with Gasteiger partial charge in [-0.05, 0) is 29.8 Å². The van der Waals surface area contributed by atoms with E-state index >= 15 is 0 Å². The van der Waals surface area contributed by atoms with Crippen molar-refractivity contribution in [3.8, 4) is 17.1 Å². The van der Waals surface area contributed by atoms with Gasteiger partial charge in [0, 0.05) is 29.7 Å². The molecule has 134 valence electrons. The Labute approximate surface area is 157 Å². The first-order valence-electron chi connectivity index (χ1n) is 8.69. The highest BCUT2D eigenvalue weighted by atomic mass is 16.5. The summed E-state index contributed by atoms with van der Waals surface area (Å²) in [6, 6.07) is 21.8. The van der Waals surface area contributed by atoms with Gasteiger partial charge in [0.15, 0.2) is 5.82 Å². The summed E-state index contributed by atoms with van der Waals surface area (Å²) in [6.45, 7) is 1.09. The predicted molar refractivity (Wildman–Crippen MR) is 104 cm³/mol. The third-order valence-electron chi connectivity index (χ3n) is 4.01. The smallest absolute Gasteiger partial charge is 0.181 e. The number of H-pyrrole nitrogens is 1. The zero-order valence-electron chi connectivity index (χ0n) is 14.7. The van der Waals surface area contributed by atoms with Crippen molar-refractivity contribution in [2.45, 2.75) is 13.2 Å². The molecule has 6 heteroatoms. The van der Waals surface area contributed by atoms with Crippen LogP contribution in [0.15, 0.2) is 79.1 Å². The molecule has 2 aromatic heterocycles. The normalized spacial score (nSPS) is 10.5. The van der Waals surface area contributed by atoms with Gasteiger partial charge in [0.05, 0.1) is 6.54 Å².